The van der Waals surface area contributed by atoms with Crippen LogP contribution in [-0.4, -0.2) is 34.8 Å². The van der Waals surface area contributed by atoms with E-state index < -0.39 is 5.60 Å². The summed E-state index contributed by atoms with van der Waals surface area (Å²) in [6, 6.07) is 0. The van der Waals surface area contributed by atoms with E-state index in [1.807, 2.05) is 13.8 Å². The molecule has 1 atom stereocenters. The van der Waals surface area contributed by atoms with Gasteiger partial charge in [0.25, 0.3) is 0 Å². The van der Waals surface area contributed by atoms with Crippen LogP contribution in [0, 0.1) is 13.8 Å². The molecule has 0 spiro atoms. The molecule has 0 radical (unpaired) electrons. The summed E-state index contributed by atoms with van der Waals surface area (Å²) in [5.74, 6) is -0.211. The Hall–Kier alpha value is -0.980. The largest absolute Gasteiger partial charge is 0.387 e. The van der Waals surface area contributed by atoms with E-state index in [1.54, 1.807) is 0 Å². The summed E-state index contributed by atoms with van der Waals surface area (Å²) >= 11 is 1.45. The molecule has 1 fully saturated rings. The van der Waals surface area contributed by atoms with Crippen molar-refractivity contribution in [1.29, 1.82) is 0 Å². The van der Waals surface area contributed by atoms with E-state index in [2.05, 4.69) is 10.3 Å². The molecular formula is C12H18N2O3S. The lowest BCUT2D eigenvalue weighted by atomic mass is 9.93. The lowest BCUT2D eigenvalue weighted by Gasteiger charge is -2.31. The Bertz CT molecular complexity index is 419. The third-order valence-electron chi connectivity index (χ3n) is 3.07. The monoisotopic (exact) mass is 270 g/mol. The third kappa shape index (κ3) is 3.28. The molecule has 1 unspecified atom stereocenters. The second-order valence-electron chi connectivity index (χ2n) is 4.77. The Morgan fingerprint density at radius 2 is 2.39 bits per heavy atom. The Morgan fingerprint density at radius 3 is 2.94 bits per heavy atom. The molecule has 2 N–H and O–H groups in total. The number of carbonyl (C=O) groups is 1. The smallest absolute Gasteiger partial charge is 0.229 e. The molecular weight excluding hydrogens is 252 g/mol. The van der Waals surface area contributed by atoms with Gasteiger partial charge >= 0.3 is 0 Å². The normalized spacial score (nSPS) is 23.9. The van der Waals surface area contributed by atoms with Crippen molar-refractivity contribution in [3.63, 3.8) is 0 Å². The van der Waals surface area contributed by atoms with Crippen molar-refractivity contribution in [3.8, 4) is 0 Å². The molecule has 0 saturated carbocycles. The van der Waals surface area contributed by atoms with Crippen LogP contribution in [0.25, 0.3) is 0 Å². The predicted octanol–water partition coefficient (Wildman–Crippen LogP) is 1.63. The van der Waals surface area contributed by atoms with E-state index in [-0.39, 0.29) is 18.9 Å². The maximum absolute atomic E-state index is 11.8. The van der Waals surface area contributed by atoms with Crippen LogP contribution in [-0.2, 0) is 9.53 Å². The fraction of sp³-hybridized carbons (Fsp3) is 0.667. The fourth-order valence-corrected chi connectivity index (χ4v) is 2.80. The average Bonchev–Trinajstić information content (AvgIpc) is 2.57. The molecule has 1 amide bonds. The number of aliphatic hydroxyl groups is 1. The van der Waals surface area contributed by atoms with Crippen molar-refractivity contribution in [2.75, 3.05) is 18.5 Å². The van der Waals surface area contributed by atoms with Gasteiger partial charge in [-0.25, -0.2) is 4.98 Å². The van der Waals surface area contributed by atoms with Crippen molar-refractivity contribution in [2.24, 2.45) is 0 Å². The standard InChI is InChI=1S/C12H18N2O3S/c1-8-9(2)18-11(13-8)14-10(15)6-12(16)4-3-5-17-7-12/h16H,3-7H2,1-2H3,(H,13,14,15). The summed E-state index contributed by atoms with van der Waals surface area (Å²) in [4.78, 5) is 17.2. The van der Waals surface area contributed by atoms with Gasteiger partial charge in [-0.05, 0) is 26.7 Å². The van der Waals surface area contributed by atoms with Gasteiger partial charge in [0.1, 0.15) is 0 Å². The van der Waals surface area contributed by atoms with Crippen molar-refractivity contribution >= 4 is 22.4 Å². The molecule has 1 aliphatic heterocycles. The molecule has 0 bridgehead atoms. The maximum Gasteiger partial charge on any atom is 0.229 e. The Kier molecular flexibility index (Phi) is 3.99. The van der Waals surface area contributed by atoms with Gasteiger partial charge in [0, 0.05) is 11.5 Å². The van der Waals surface area contributed by atoms with Crippen molar-refractivity contribution < 1.29 is 14.6 Å². The second-order valence-corrected chi connectivity index (χ2v) is 5.97. The van der Waals surface area contributed by atoms with Crippen molar-refractivity contribution in [1.82, 2.24) is 4.98 Å². The zero-order chi connectivity index (χ0) is 13.2. The number of ether oxygens (including phenoxy) is 1. The number of rotatable bonds is 3. The number of amides is 1. The summed E-state index contributed by atoms with van der Waals surface area (Å²) in [5.41, 5.74) is -0.0982. The van der Waals surface area contributed by atoms with Crippen LogP contribution >= 0.6 is 11.3 Å². The van der Waals surface area contributed by atoms with E-state index >= 15 is 0 Å². The molecule has 1 aliphatic rings. The minimum atomic E-state index is -1.02. The van der Waals surface area contributed by atoms with Gasteiger partial charge in [-0.15, -0.1) is 11.3 Å². The minimum absolute atomic E-state index is 0.0602. The van der Waals surface area contributed by atoms with E-state index in [4.69, 9.17) is 4.74 Å². The number of nitrogens with zero attached hydrogens (tertiary/aromatic N) is 1. The highest BCUT2D eigenvalue weighted by atomic mass is 32.1. The van der Waals surface area contributed by atoms with Gasteiger partial charge in [0.05, 0.1) is 24.3 Å². The first-order chi connectivity index (χ1) is 8.48. The molecule has 2 rings (SSSR count). The fourth-order valence-electron chi connectivity index (χ4n) is 1.97. The van der Waals surface area contributed by atoms with Crippen molar-refractivity contribution in [3.05, 3.63) is 10.6 Å². The Labute approximate surface area is 110 Å². The van der Waals surface area contributed by atoms with Crippen LogP contribution in [0.5, 0.6) is 0 Å². The highest BCUT2D eigenvalue weighted by Crippen LogP contribution is 2.25. The van der Waals surface area contributed by atoms with Crippen LogP contribution in [0.15, 0.2) is 0 Å². The van der Waals surface area contributed by atoms with Gasteiger partial charge in [-0.3, -0.25) is 4.79 Å². The summed E-state index contributed by atoms with van der Waals surface area (Å²) in [5, 5.41) is 13.5. The van der Waals surface area contributed by atoms with Gasteiger partial charge in [-0.1, -0.05) is 0 Å². The Balaban J connectivity index is 1.92. The number of hydrogen-bond donors (Lipinski definition) is 2. The van der Waals surface area contributed by atoms with Gasteiger partial charge in [0.15, 0.2) is 5.13 Å². The summed E-state index contributed by atoms with van der Waals surface area (Å²) in [6.45, 7) is 4.76. The molecule has 1 saturated heterocycles. The molecule has 1 aromatic rings. The number of hydrogen-bond acceptors (Lipinski definition) is 5. The van der Waals surface area contributed by atoms with Crippen LogP contribution in [0.3, 0.4) is 0 Å². The zero-order valence-electron chi connectivity index (χ0n) is 10.7. The molecule has 100 valence electrons. The first-order valence-corrected chi connectivity index (χ1v) is 6.84. The highest BCUT2D eigenvalue weighted by Gasteiger charge is 2.32. The third-order valence-corrected chi connectivity index (χ3v) is 4.05. The topological polar surface area (TPSA) is 71.5 Å². The summed E-state index contributed by atoms with van der Waals surface area (Å²) < 4.78 is 5.22. The zero-order valence-corrected chi connectivity index (χ0v) is 11.5. The van der Waals surface area contributed by atoms with E-state index in [0.717, 1.165) is 17.0 Å². The summed E-state index contributed by atoms with van der Waals surface area (Å²) in [7, 11) is 0. The average molecular weight is 270 g/mol. The maximum atomic E-state index is 11.8. The first-order valence-electron chi connectivity index (χ1n) is 6.02. The molecule has 5 nitrogen and oxygen atoms in total. The van der Waals surface area contributed by atoms with E-state index in [0.29, 0.717) is 18.2 Å². The van der Waals surface area contributed by atoms with E-state index in [9.17, 15) is 9.90 Å². The first kappa shape index (κ1) is 13.5. The SMILES string of the molecule is Cc1nc(NC(=O)CC2(O)CCCOC2)sc1C. The number of anilines is 1. The second kappa shape index (κ2) is 5.34. The molecule has 2 heterocycles. The quantitative estimate of drug-likeness (QED) is 0.875. The van der Waals surface area contributed by atoms with Gasteiger partial charge < -0.3 is 15.2 Å². The lowest BCUT2D eigenvalue weighted by Crippen LogP contribution is -2.41. The molecule has 0 aromatic carbocycles. The number of thiazole rings is 1. The number of nitrogens with one attached hydrogen (secondary N) is 1. The number of carbonyl (C=O) groups excluding carboxylic acids is 1. The van der Waals surface area contributed by atoms with Crippen LogP contribution in [0.1, 0.15) is 29.8 Å². The number of aryl methyl sites for hydroxylation is 2. The lowest BCUT2D eigenvalue weighted by molar-refractivity contribution is -0.129. The van der Waals surface area contributed by atoms with Crippen LogP contribution in [0.2, 0.25) is 0 Å². The molecule has 1 aromatic heterocycles. The van der Waals surface area contributed by atoms with Crippen molar-refractivity contribution in [2.45, 2.75) is 38.7 Å². The summed E-state index contributed by atoms with van der Waals surface area (Å²) in [6.07, 6.45) is 1.46. The van der Waals surface area contributed by atoms with Crippen LogP contribution < -0.4 is 5.32 Å². The van der Waals surface area contributed by atoms with E-state index in [1.165, 1.54) is 11.3 Å². The molecule has 6 heteroatoms. The van der Waals surface area contributed by atoms with Gasteiger partial charge in [0.2, 0.25) is 5.91 Å². The van der Waals surface area contributed by atoms with Gasteiger partial charge in [-0.2, -0.15) is 0 Å². The minimum Gasteiger partial charge on any atom is -0.387 e. The predicted molar refractivity (Wildman–Crippen MR) is 69.8 cm³/mol. The molecule has 18 heavy (non-hydrogen) atoms. The highest BCUT2D eigenvalue weighted by molar-refractivity contribution is 7.15. The number of aromatic nitrogens is 1. The Morgan fingerprint density at radius 1 is 1.61 bits per heavy atom. The molecule has 0 aliphatic carbocycles. The van der Waals surface area contributed by atoms with Crippen LogP contribution in [0.4, 0.5) is 5.13 Å².